The van der Waals surface area contributed by atoms with Gasteiger partial charge in [0, 0.05) is 25.0 Å². The molecule has 0 radical (unpaired) electrons. The second-order valence-electron chi connectivity index (χ2n) is 4.74. The van der Waals surface area contributed by atoms with Crippen LogP contribution in [-0.2, 0) is 16.1 Å². The standard InChI is InChI=1S/C14H18ClNO2/c1-11(17)18-14-3-2-8-16(10-14)9-12-4-6-13(15)7-5-12/h4-7,14H,2-3,8-10H2,1H3. The van der Waals surface area contributed by atoms with E-state index in [-0.39, 0.29) is 12.1 Å². The van der Waals surface area contributed by atoms with E-state index in [2.05, 4.69) is 4.90 Å². The smallest absolute Gasteiger partial charge is 0.302 e. The van der Waals surface area contributed by atoms with Gasteiger partial charge in [-0.25, -0.2) is 0 Å². The molecule has 1 aromatic carbocycles. The lowest BCUT2D eigenvalue weighted by Gasteiger charge is -2.32. The fourth-order valence-corrected chi connectivity index (χ4v) is 2.46. The number of carbonyl (C=O) groups is 1. The SMILES string of the molecule is CC(=O)OC1CCCN(Cc2ccc(Cl)cc2)C1. The van der Waals surface area contributed by atoms with Crippen molar-refractivity contribution in [1.82, 2.24) is 4.90 Å². The molecule has 1 aromatic rings. The van der Waals surface area contributed by atoms with Gasteiger partial charge in [-0.2, -0.15) is 0 Å². The molecule has 0 spiro atoms. The molecule has 0 amide bonds. The summed E-state index contributed by atoms with van der Waals surface area (Å²) in [5.41, 5.74) is 1.24. The summed E-state index contributed by atoms with van der Waals surface area (Å²) >= 11 is 5.86. The van der Waals surface area contributed by atoms with Crippen LogP contribution in [0.15, 0.2) is 24.3 Å². The van der Waals surface area contributed by atoms with E-state index in [9.17, 15) is 4.79 Å². The van der Waals surface area contributed by atoms with E-state index in [4.69, 9.17) is 16.3 Å². The van der Waals surface area contributed by atoms with Crippen LogP contribution in [0.1, 0.15) is 25.3 Å². The summed E-state index contributed by atoms with van der Waals surface area (Å²) in [6, 6.07) is 7.89. The van der Waals surface area contributed by atoms with Gasteiger partial charge in [-0.1, -0.05) is 23.7 Å². The van der Waals surface area contributed by atoms with Gasteiger partial charge in [0.1, 0.15) is 6.10 Å². The Morgan fingerprint density at radius 1 is 1.44 bits per heavy atom. The third-order valence-electron chi connectivity index (χ3n) is 3.11. The number of nitrogens with zero attached hydrogens (tertiary/aromatic N) is 1. The minimum absolute atomic E-state index is 0.0450. The Morgan fingerprint density at radius 3 is 2.83 bits per heavy atom. The Morgan fingerprint density at radius 2 is 2.17 bits per heavy atom. The van der Waals surface area contributed by atoms with Gasteiger partial charge >= 0.3 is 5.97 Å². The van der Waals surface area contributed by atoms with Crippen molar-refractivity contribution in [2.75, 3.05) is 13.1 Å². The summed E-state index contributed by atoms with van der Waals surface area (Å²) in [5, 5.41) is 0.759. The van der Waals surface area contributed by atoms with Crippen LogP contribution in [0, 0.1) is 0 Å². The van der Waals surface area contributed by atoms with Crippen LogP contribution in [0.5, 0.6) is 0 Å². The van der Waals surface area contributed by atoms with Crippen molar-refractivity contribution in [3.63, 3.8) is 0 Å². The second kappa shape index (κ2) is 6.21. The Kier molecular flexibility index (Phi) is 4.61. The van der Waals surface area contributed by atoms with Gasteiger partial charge in [-0.3, -0.25) is 9.69 Å². The fourth-order valence-electron chi connectivity index (χ4n) is 2.34. The molecule has 1 aliphatic rings. The van der Waals surface area contributed by atoms with Crippen molar-refractivity contribution >= 4 is 17.6 Å². The molecule has 1 fully saturated rings. The predicted molar refractivity (Wildman–Crippen MR) is 71.5 cm³/mol. The van der Waals surface area contributed by atoms with Gasteiger partial charge < -0.3 is 4.74 Å². The monoisotopic (exact) mass is 267 g/mol. The molecule has 1 heterocycles. The largest absolute Gasteiger partial charge is 0.461 e. The predicted octanol–water partition coefficient (Wildman–Crippen LogP) is 2.87. The van der Waals surface area contributed by atoms with E-state index >= 15 is 0 Å². The highest BCUT2D eigenvalue weighted by molar-refractivity contribution is 6.30. The highest BCUT2D eigenvalue weighted by Gasteiger charge is 2.21. The number of ether oxygens (including phenoxy) is 1. The summed E-state index contributed by atoms with van der Waals surface area (Å²) in [5.74, 6) is -0.187. The molecule has 98 valence electrons. The number of hydrogen-bond donors (Lipinski definition) is 0. The number of benzene rings is 1. The Labute approximate surface area is 113 Å². The first kappa shape index (κ1) is 13.4. The molecule has 1 aliphatic heterocycles. The number of rotatable bonds is 3. The van der Waals surface area contributed by atoms with Crippen LogP contribution >= 0.6 is 11.6 Å². The van der Waals surface area contributed by atoms with Crippen molar-refractivity contribution in [3.05, 3.63) is 34.9 Å². The number of piperidine rings is 1. The van der Waals surface area contributed by atoms with Crippen LogP contribution in [-0.4, -0.2) is 30.1 Å². The number of hydrogen-bond acceptors (Lipinski definition) is 3. The highest BCUT2D eigenvalue weighted by Crippen LogP contribution is 2.17. The van der Waals surface area contributed by atoms with Crippen molar-refractivity contribution in [2.24, 2.45) is 0 Å². The lowest BCUT2D eigenvalue weighted by atomic mass is 10.1. The number of halogens is 1. The van der Waals surface area contributed by atoms with Gasteiger partial charge in [0.2, 0.25) is 0 Å². The van der Waals surface area contributed by atoms with Crippen LogP contribution in [0.25, 0.3) is 0 Å². The molecule has 0 saturated carbocycles. The lowest BCUT2D eigenvalue weighted by molar-refractivity contribution is -0.148. The zero-order valence-corrected chi connectivity index (χ0v) is 11.3. The minimum atomic E-state index is -0.187. The van der Waals surface area contributed by atoms with Crippen molar-refractivity contribution in [3.8, 4) is 0 Å². The first-order valence-corrected chi connectivity index (χ1v) is 6.65. The summed E-state index contributed by atoms with van der Waals surface area (Å²) in [6.45, 7) is 4.23. The molecule has 0 bridgehead atoms. The maximum absolute atomic E-state index is 11.0. The van der Waals surface area contributed by atoms with E-state index in [0.717, 1.165) is 37.5 Å². The quantitative estimate of drug-likeness (QED) is 0.789. The maximum Gasteiger partial charge on any atom is 0.302 e. The third kappa shape index (κ3) is 4.00. The molecule has 2 rings (SSSR count). The van der Waals surface area contributed by atoms with E-state index in [1.54, 1.807) is 0 Å². The third-order valence-corrected chi connectivity index (χ3v) is 3.37. The van der Waals surface area contributed by atoms with Gasteiger partial charge in [0.05, 0.1) is 0 Å². The lowest BCUT2D eigenvalue weighted by Crippen LogP contribution is -2.39. The van der Waals surface area contributed by atoms with Crippen molar-refractivity contribution in [2.45, 2.75) is 32.4 Å². The summed E-state index contributed by atoms with van der Waals surface area (Å²) in [7, 11) is 0. The molecule has 0 aliphatic carbocycles. The Hall–Kier alpha value is -1.06. The average Bonchev–Trinajstić information content (AvgIpc) is 2.32. The van der Waals surface area contributed by atoms with Gasteiger partial charge in [0.15, 0.2) is 0 Å². The summed E-state index contributed by atoms with van der Waals surface area (Å²) in [4.78, 5) is 13.3. The summed E-state index contributed by atoms with van der Waals surface area (Å²) < 4.78 is 5.28. The zero-order chi connectivity index (χ0) is 13.0. The van der Waals surface area contributed by atoms with Crippen LogP contribution in [0.3, 0.4) is 0 Å². The fraction of sp³-hybridized carbons (Fsp3) is 0.500. The molecule has 18 heavy (non-hydrogen) atoms. The topological polar surface area (TPSA) is 29.5 Å². The first-order valence-electron chi connectivity index (χ1n) is 6.27. The zero-order valence-electron chi connectivity index (χ0n) is 10.6. The molecule has 3 nitrogen and oxygen atoms in total. The average molecular weight is 268 g/mol. The first-order chi connectivity index (χ1) is 8.63. The van der Waals surface area contributed by atoms with E-state index in [1.165, 1.54) is 12.5 Å². The Balaban J connectivity index is 1.89. The van der Waals surface area contributed by atoms with Crippen molar-refractivity contribution < 1.29 is 9.53 Å². The molecule has 4 heteroatoms. The molecule has 1 saturated heterocycles. The minimum Gasteiger partial charge on any atom is -0.461 e. The van der Waals surface area contributed by atoms with Crippen molar-refractivity contribution in [1.29, 1.82) is 0 Å². The second-order valence-corrected chi connectivity index (χ2v) is 5.17. The molecule has 1 atom stereocenters. The van der Waals surface area contributed by atoms with Crippen LogP contribution in [0.2, 0.25) is 5.02 Å². The van der Waals surface area contributed by atoms with E-state index in [0.29, 0.717) is 0 Å². The van der Waals surface area contributed by atoms with E-state index in [1.807, 2.05) is 24.3 Å². The Bertz CT molecular complexity index is 405. The number of carbonyl (C=O) groups excluding carboxylic acids is 1. The number of esters is 1. The molecular weight excluding hydrogens is 250 g/mol. The van der Waals surface area contributed by atoms with Crippen LogP contribution in [0.4, 0.5) is 0 Å². The summed E-state index contributed by atoms with van der Waals surface area (Å²) in [6.07, 6.45) is 2.09. The van der Waals surface area contributed by atoms with Gasteiger partial charge in [-0.15, -0.1) is 0 Å². The molecular formula is C14H18ClNO2. The molecule has 1 unspecified atom stereocenters. The molecule has 0 aromatic heterocycles. The van der Waals surface area contributed by atoms with E-state index < -0.39 is 0 Å². The van der Waals surface area contributed by atoms with Gasteiger partial charge in [-0.05, 0) is 37.1 Å². The van der Waals surface area contributed by atoms with Gasteiger partial charge in [0.25, 0.3) is 0 Å². The van der Waals surface area contributed by atoms with Crippen LogP contribution < -0.4 is 0 Å². The highest BCUT2D eigenvalue weighted by atomic mass is 35.5. The molecule has 0 N–H and O–H groups in total. The maximum atomic E-state index is 11.0. The normalized spacial score (nSPS) is 20.7. The number of likely N-dealkylation sites (tertiary alicyclic amines) is 1.